The van der Waals surface area contributed by atoms with E-state index in [0.29, 0.717) is 18.7 Å². The molecule has 0 spiro atoms. The van der Waals surface area contributed by atoms with Crippen LogP contribution in [-0.2, 0) is 13.1 Å². The molecule has 0 fully saturated rings. The van der Waals surface area contributed by atoms with Gasteiger partial charge in [-0.05, 0) is 28.1 Å². The van der Waals surface area contributed by atoms with Gasteiger partial charge in [0.1, 0.15) is 0 Å². The Balaban J connectivity index is 1.96. The van der Waals surface area contributed by atoms with Gasteiger partial charge in [0.05, 0.1) is 0 Å². The Kier molecular flexibility index (Phi) is 4.11. The van der Waals surface area contributed by atoms with E-state index in [2.05, 4.69) is 21.2 Å². The highest BCUT2D eigenvalue weighted by Gasteiger charge is 2.10. The molecule has 6 heteroatoms. The molecule has 0 saturated carbocycles. The summed E-state index contributed by atoms with van der Waals surface area (Å²) in [5, 5.41) is 33.4. The lowest BCUT2D eigenvalue weighted by Crippen LogP contribution is -2.11. The van der Waals surface area contributed by atoms with Crippen molar-refractivity contribution < 1.29 is 15.3 Å². The van der Waals surface area contributed by atoms with Crippen LogP contribution in [-0.4, -0.2) is 15.3 Å². The molecule has 0 unspecified atom stereocenters. The second-order valence-electron chi connectivity index (χ2n) is 3.78. The average Bonchev–Trinajstić information content (AvgIpc) is 2.75. The SMILES string of the molecule is Oc1ccc(CNCc2cc(Br)cs2)c(O)c1O. The maximum absolute atomic E-state index is 9.62. The average molecular weight is 330 g/mol. The van der Waals surface area contributed by atoms with Crippen molar-refractivity contribution in [3.63, 3.8) is 0 Å². The summed E-state index contributed by atoms with van der Waals surface area (Å²) in [4.78, 5) is 1.17. The van der Waals surface area contributed by atoms with E-state index in [-0.39, 0.29) is 11.5 Å². The largest absolute Gasteiger partial charge is 0.504 e. The van der Waals surface area contributed by atoms with Crippen LogP contribution in [0.15, 0.2) is 28.1 Å². The monoisotopic (exact) mass is 329 g/mol. The van der Waals surface area contributed by atoms with Gasteiger partial charge >= 0.3 is 0 Å². The summed E-state index contributed by atoms with van der Waals surface area (Å²) in [6, 6.07) is 4.95. The van der Waals surface area contributed by atoms with E-state index in [1.807, 2.05) is 11.4 Å². The number of phenols is 3. The molecule has 0 saturated heterocycles. The van der Waals surface area contributed by atoms with E-state index in [0.717, 1.165) is 4.47 Å². The zero-order valence-electron chi connectivity index (χ0n) is 9.35. The van der Waals surface area contributed by atoms with Crippen LogP contribution in [0.3, 0.4) is 0 Å². The molecule has 1 heterocycles. The van der Waals surface area contributed by atoms with Crippen molar-refractivity contribution in [1.82, 2.24) is 5.32 Å². The van der Waals surface area contributed by atoms with Gasteiger partial charge in [-0.15, -0.1) is 11.3 Å². The van der Waals surface area contributed by atoms with Crippen molar-refractivity contribution in [2.24, 2.45) is 0 Å². The van der Waals surface area contributed by atoms with Crippen LogP contribution < -0.4 is 5.32 Å². The topological polar surface area (TPSA) is 72.7 Å². The lowest BCUT2D eigenvalue weighted by molar-refractivity contribution is 0.364. The minimum absolute atomic E-state index is 0.283. The number of halogens is 1. The van der Waals surface area contributed by atoms with Crippen LogP contribution in [0.1, 0.15) is 10.4 Å². The van der Waals surface area contributed by atoms with E-state index in [4.69, 9.17) is 0 Å². The van der Waals surface area contributed by atoms with Crippen LogP contribution >= 0.6 is 27.3 Å². The minimum atomic E-state index is -0.479. The van der Waals surface area contributed by atoms with Gasteiger partial charge in [0.15, 0.2) is 11.5 Å². The highest BCUT2D eigenvalue weighted by molar-refractivity contribution is 9.10. The number of hydrogen-bond donors (Lipinski definition) is 4. The van der Waals surface area contributed by atoms with Gasteiger partial charge in [0.25, 0.3) is 0 Å². The summed E-state index contributed by atoms with van der Waals surface area (Å²) in [7, 11) is 0. The molecule has 2 aromatic rings. The Hall–Kier alpha value is -1.24. The maximum Gasteiger partial charge on any atom is 0.200 e. The van der Waals surface area contributed by atoms with Gasteiger partial charge in [-0.25, -0.2) is 0 Å². The third-order valence-electron chi connectivity index (χ3n) is 2.45. The Morgan fingerprint density at radius 2 is 1.89 bits per heavy atom. The van der Waals surface area contributed by atoms with Crippen LogP contribution in [0.25, 0.3) is 0 Å². The van der Waals surface area contributed by atoms with E-state index in [9.17, 15) is 15.3 Å². The predicted octanol–water partition coefficient (Wildman–Crippen LogP) is 2.92. The fourth-order valence-corrected chi connectivity index (χ4v) is 2.94. The molecule has 4 N–H and O–H groups in total. The Morgan fingerprint density at radius 3 is 2.56 bits per heavy atom. The summed E-state index contributed by atoms with van der Waals surface area (Å²) in [6.07, 6.45) is 0. The quantitative estimate of drug-likeness (QED) is 0.651. The third-order valence-corrected chi connectivity index (χ3v) is 4.15. The molecule has 0 atom stereocenters. The van der Waals surface area contributed by atoms with Crippen molar-refractivity contribution in [3.8, 4) is 17.2 Å². The third kappa shape index (κ3) is 2.95. The first kappa shape index (κ1) is 13.2. The van der Waals surface area contributed by atoms with Gasteiger partial charge in [-0.1, -0.05) is 6.07 Å². The van der Waals surface area contributed by atoms with Crippen LogP contribution in [0, 0.1) is 0 Å². The molecule has 0 aliphatic carbocycles. The molecular weight excluding hydrogens is 318 g/mol. The predicted molar refractivity (Wildman–Crippen MR) is 74.0 cm³/mol. The van der Waals surface area contributed by atoms with Gasteiger partial charge in [0, 0.05) is 33.4 Å². The smallest absolute Gasteiger partial charge is 0.200 e. The van der Waals surface area contributed by atoms with E-state index in [1.165, 1.54) is 10.9 Å². The van der Waals surface area contributed by atoms with Crippen molar-refractivity contribution in [1.29, 1.82) is 0 Å². The Morgan fingerprint density at radius 1 is 1.11 bits per heavy atom. The molecule has 1 aromatic heterocycles. The summed E-state index contributed by atoms with van der Waals surface area (Å²) >= 11 is 5.01. The second-order valence-corrected chi connectivity index (χ2v) is 5.69. The van der Waals surface area contributed by atoms with Crippen molar-refractivity contribution in [3.05, 3.63) is 38.5 Å². The number of phenolic OH excluding ortho intramolecular Hbond substituents is 3. The minimum Gasteiger partial charge on any atom is -0.504 e. The zero-order chi connectivity index (χ0) is 13.1. The number of thiophene rings is 1. The molecule has 1 aromatic carbocycles. The fraction of sp³-hybridized carbons (Fsp3) is 0.167. The lowest BCUT2D eigenvalue weighted by Gasteiger charge is -2.08. The lowest BCUT2D eigenvalue weighted by atomic mass is 10.1. The van der Waals surface area contributed by atoms with Gasteiger partial charge in [0.2, 0.25) is 5.75 Å². The normalized spacial score (nSPS) is 10.7. The highest BCUT2D eigenvalue weighted by atomic mass is 79.9. The standard InChI is InChI=1S/C12H12BrNO3S/c13-8-3-9(18-6-8)5-14-4-7-1-2-10(15)12(17)11(7)16/h1-3,6,14-17H,4-5H2. The maximum atomic E-state index is 9.62. The number of rotatable bonds is 4. The van der Waals surface area contributed by atoms with E-state index >= 15 is 0 Å². The molecule has 0 amide bonds. The van der Waals surface area contributed by atoms with E-state index < -0.39 is 5.75 Å². The molecule has 18 heavy (non-hydrogen) atoms. The highest BCUT2D eigenvalue weighted by Crippen LogP contribution is 2.36. The van der Waals surface area contributed by atoms with Crippen molar-refractivity contribution in [2.45, 2.75) is 13.1 Å². The van der Waals surface area contributed by atoms with Gasteiger partial charge in [-0.3, -0.25) is 0 Å². The second kappa shape index (κ2) is 5.60. The van der Waals surface area contributed by atoms with Crippen molar-refractivity contribution in [2.75, 3.05) is 0 Å². The molecule has 0 aliphatic rings. The van der Waals surface area contributed by atoms with E-state index in [1.54, 1.807) is 17.4 Å². The Bertz CT molecular complexity index is 556. The number of benzene rings is 1. The number of hydrogen-bond acceptors (Lipinski definition) is 5. The van der Waals surface area contributed by atoms with Gasteiger partial charge < -0.3 is 20.6 Å². The first-order valence-electron chi connectivity index (χ1n) is 5.24. The fourth-order valence-electron chi connectivity index (χ4n) is 1.52. The van der Waals surface area contributed by atoms with Gasteiger partial charge in [-0.2, -0.15) is 0 Å². The van der Waals surface area contributed by atoms with Crippen LogP contribution in [0.4, 0.5) is 0 Å². The number of aromatic hydroxyl groups is 3. The van der Waals surface area contributed by atoms with Crippen LogP contribution in [0.5, 0.6) is 17.2 Å². The summed E-state index contributed by atoms with van der Waals surface area (Å²) in [5.74, 6) is -1.08. The zero-order valence-corrected chi connectivity index (χ0v) is 11.8. The molecule has 4 nitrogen and oxygen atoms in total. The number of nitrogens with one attached hydrogen (secondary N) is 1. The first-order chi connectivity index (χ1) is 8.58. The first-order valence-corrected chi connectivity index (χ1v) is 6.91. The summed E-state index contributed by atoms with van der Waals surface area (Å²) < 4.78 is 1.05. The molecule has 2 rings (SSSR count). The Labute approximate surface area is 117 Å². The molecule has 96 valence electrons. The molecular formula is C12H12BrNO3S. The molecule has 0 bridgehead atoms. The molecule has 0 aliphatic heterocycles. The summed E-state index contributed by atoms with van der Waals surface area (Å²) in [5.41, 5.74) is 0.543. The van der Waals surface area contributed by atoms with Crippen molar-refractivity contribution >= 4 is 27.3 Å². The molecule has 0 radical (unpaired) electrons. The van der Waals surface area contributed by atoms with Crippen LogP contribution in [0.2, 0.25) is 0 Å². The summed E-state index contributed by atoms with van der Waals surface area (Å²) in [6.45, 7) is 1.09.